The molecule has 0 spiro atoms. The second-order valence-electron chi connectivity index (χ2n) is 7.35. The summed E-state index contributed by atoms with van der Waals surface area (Å²) >= 11 is 0. The van der Waals surface area contributed by atoms with Crippen molar-refractivity contribution >= 4 is 27.6 Å². The number of phosphoric acid groups is 2. The van der Waals surface area contributed by atoms with Gasteiger partial charge in [-0.15, -0.1) is 0 Å². The van der Waals surface area contributed by atoms with Crippen molar-refractivity contribution in [1.82, 2.24) is 0 Å². The minimum absolute atomic E-state index is 0.0864. The highest BCUT2D eigenvalue weighted by Crippen LogP contribution is 2.61. The highest BCUT2D eigenvalue weighted by Gasteiger charge is 2.35. The number of unbranched alkanes of at least 4 members (excludes halogenated alkanes) is 6. The first-order valence-electron chi connectivity index (χ1n) is 10.7. The molecule has 0 bridgehead atoms. The van der Waals surface area contributed by atoms with Gasteiger partial charge in [0.05, 0.1) is 26.4 Å². The number of carbonyl (C=O) groups is 2. The van der Waals surface area contributed by atoms with Gasteiger partial charge in [-0.3, -0.25) is 9.05 Å². The molecule has 0 aliphatic rings. The molecule has 2 N–H and O–H groups in total. The van der Waals surface area contributed by atoms with Crippen LogP contribution in [0.25, 0.3) is 0 Å². The molecule has 0 aromatic rings. The summed E-state index contributed by atoms with van der Waals surface area (Å²) in [6.45, 7) is 10.4. The number of carbonyl (C=O) groups excluding carboxylic acids is 2. The summed E-state index contributed by atoms with van der Waals surface area (Å²) in [5, 5.41) is 0. The molecule has 0 radical (unpaired) electrons. The molecule has 0 unspecified atom stereocenters. The Bertz CT molecular complexity index is 684. The molecule has 0 aliphatic carbocycles. The zero-order valence-electron chi connectivity index (χ0n) is 19.4. The monoisotopic (exact) mass is 514 g/mol. The van der Waals surface area contributed by atoms with Crippen LogP contribution < -0.4 is 0 Å². The smallest absolute Gasteiger partial charge is 0.462 e. The van der Waals surface area contributed by atoms with Gasteiger partial charge in [0, 0.05) is 11.1 Å². The average molecular weight is 514 g/mol. The van der Waals surface area contributed by atoms with Gasteiger partial charge in [-0.05, 0) is 52.4 Å². The van der Waals surface area contributed by atoms with Crippen molar-refractivity contribution in [1.29, 1.82) is 0 Å². The van der Waals surface area contributed by atoms with Crippen LogP contribution in [0.3, 0.4) is 0 Å². The third-order valence-corrected chi connectivity index (χ3v) is 6.59. The lowest BCUT2D eigenvalue weighted by Crippen LogP contribution is -2.06. The third-order valence-electron chi connectivity index (χ3n) is 3.95. The molecule has 0 saturated carbocycles. The molecule has 0 amide bonds. The van der Waals surface area contributed by atoms with E-state index in [4.69, 9.17) is 28.3 Å². The maximum Gasteiger partial charge on any atom is 0.483 e. The molecule has 0 aromatic carbocycles. The zero-order chi connectivity index (χ0) is 25.3. The molecular weight excluding hydrogens is 478 g/mol. The minimum Gasteiger partial charge on any atom is -0.462 e. The first-order chi connectivity index (χ1) is 15.4. The van der Waals surface area contributed by atoms with E-state index < -0.39 is 27.6 Å². The van der Waals surface area contributed by atoms with E-state index in [1.165, 1.54) is 0 Å². The second-order valence-corrected chi connectivity index (χ2v) is 10.4. The molecule has 0 fully saturated rings. The van der Waals surface area contributed by atoms with E-state index >= 15 is 0 Å². The van der Waals surface area contributed by atoms with E-state index in [1.807, 2.05) is 0 Å². The number of rotatable bonds is 20. The number of esters is 2. The van der Waals surface area contributed by atoms with Gasteiger partial charge in [0.1, 0.15) is 0 Å². The van der Waals surface area contributed by atoms with Crippen LogP contribution in [-0.4, -0.2) is 48.2 Å². The fourth-order valence-corrected chi connectivity index (χ4v) is 4.46. The Balaban J connectivity index is 4.10. The molecule has 13 heteroatoms. The Morgan fingerprint density at radius 1 is 0.667 bits per heavy atom. The maximum absolute atomic E-state index is 12.5. The maximum atomic E-state index is 12.5. The standard InChI is InChI=1S/C20H36O11P2/c1-17(2)19(21)27-13-9-5-7-11-15-29-33(26,31-32(23,24)25)30-16-12-8-6-10-14-28-20(22)18(3)4/h1,3,5-16H2,2,4H3,(H2,23,24,25). The number of hydrogen-bond acceptors (Lipinski definition) is 9. The van der Waals surface area contributed by atoms with Crippen molar-refractivity contribution in [3.05, 3.63) is 24.3 Å². The lowest BCUT2D eigenvalue weighted by atomic mass is 10.2. The van der Waals surface area contributed by atoms with Crippen LogP contribution in [0.15, 0.2) is 24.3 Å². The predicted molar refractivity (Wildman–Crippen MR) is 121 cm³/mol. The number of phosphoric ester groups is 1. The van der Waals surface area contributed by atoms with Crippen LogP contribution in [0.5, 0.6) is 0 Å². The number of hydrogen-bond donors (Lipinski definition) is 2. The van der Waals surface area contributed by atoms with Crippen molar-refractivity contribution < 1.29 is 51.3 Å². The van der Waals surface area contributed by atoms with E-state index in [-0.39, 0.29) is 26.4 Å². The van der Waals surface area contributed by atoms with Crippen LogP contribution >= 0.6 is 15.6 Å². The first kappa shape index (κ1) is 31.7. The summed E-state index contributed by atoms with van der Waals surface area (Å²) in [5.74, 6) is -0.894. The van der Waals surface area contributed by atoms with Crippen molar-refractivity contribution in [3.8, 4) is 0 Å². The summed E-state index contributed by atoms with van der Waals surface area (Å²) in [6, 6.07) is 0. The summed E-state index contributed by atoms with van der Waals surface area (Å²) in [5.41, 5.74) is 0.654. The molecular formula is C20H36O11P2. The molecule has 0 saturated heterocycles. The summed E-state index contributed by atoms with van der Waals surface area (Å²) < 4.78 is 47.8. The lowest BCUT2D eigenvalue weighted by molar-refractivity contribution is -0.139. The van der Waals surface area contributed by atoms with E-state index in [2.05, 4.69) is 17.5 Å². The quantitative estimate of drug-likeness (QED) is 0.101. The van der Waals surface area contributed by atoms with Crippen molar-refractivity contribution in [3.63, 3.8) is 0 Å². The second kappa shape index (κ2) is 17.2. The molecule has 0 aliphatic heterocycles. The molecule has 0 rings (SSSR count). The van der Waals surface area contributed by atoms with Crippen LogP contribution in [0.4, 0.5) is 0 Å². The van der Waals surface area contributed by atoms with Crippen LogP contribution in [0.1, 0.15) is 65.2 Å². The van der Waals surface area contributed by atoms with Gasteiger partial charge in [0.25, 0.3) is 0 Å². The summed E-state index contributed by atoms with van der Waals surface area (Å²) in [7, 11) is -9.52. The lowest BCUT2D eigenvalue weighted by Gasteiger charge is -2.18. The average Bonchev–Trinajstić information content (AvgIpc) is 2.70. The van der Waals surface area contributed by atoms with E-state index in [0.717, 1.165) is 0 Å². The Morgan fingerprint density at radius 2 is 1.00 bits per heavy atom. The Hall–Kier alpha value is -1.32. The normalized spacial score (nSPS) is 11.8. The minimum atomic E-state index is -5.09. The van der Waals surface area contributed by atoms with Crippen LogP contribution in [0.2, 0.25) is 0 Å². The Kier molecular flexibility index (Phi) is 16.5. The summed E-state index contributed by atoms with van der Waals surface area (Å²) in [4.78, 5) is 40.4. The van der Waals surface area contributed by atoms with Gasteiger partial charge >= 0.3 is 27.6 Å². The van der Waals surface area contributed by atoms with Gasteiger partial charge in [0.15, 0.2) is 0 Å². The van der Waals surface area contributed by atoms with Crippen LogP contribution in [0, 0.1) is 0 Å². The van der Waals surface area contributed by atoms with Gasteiger partial charge in [-0.25, -0.2) is 18.7 Å². The summed E-state index contributed by atoms with van der Waals surface area (Å²) in [6.07, 6.45) is 4.84. The van der Waals surface area contributed by atoms with Crippen molar-refractivity contribution in [2.24, 2.45) is 0 Å². The molecule has 0 heterocycles. The third kappa shape index (κ3) is 18.8. The predicted octanol–water partition coefficient (Wildman–Crippen LogP) is 4.60. The van der Waals surface area contributed by atoms with E-state index in [0.29, 0.717) is 62.5 Å². The molecule has 33 heavy (non-hydrogen) atoms. The van der Waals surface area contributed by atoms with Crippen LogP contribution in [-0.2, 0) is 41.6 Å². The Morgan fingerprint density at radius 3 is 1.30 bits per heavy atom. The molecule has 11 nitrogen and oxygen atoms in total. The molecule has 0 aromatic heterocycles. The van der Waals surface area contributed by atoms with E-state index in [9.17, 15) is 18.7 Å². The van der Waals surface area contributed by atoms with Gasteiger partial charge in [-0.2, -0.15) is 4.31 Å². The fraction of sp³-hybridized carbons (Fsp3) is 0.700. The topological polar surface area (TPSA) is 155 Å². The first-order valence-corrected chi connectivity index (χ1v) is 13.7. The van der Waals surface area contributed by atoms with Gasteiger partial charge in [-0.1, -0.05) is 26.0 Å². The molecule has 0 atom stereocenters. The van der Waals surface area contributed by atoms with E-state index in [1.54, 1.807) is 13.8 Å². The zero-order valence-corrected chi connectivity index (χ0v) is 21.2. The Labute approximate surface area is 195 Å². The van der Waals surface area contributed by atoms with Gasteiger partial charge in [0.2, 0.25) is 0 Å². The van der Waals surface area contributed by atoms with Crippen molar-refractivity contribution in [2.75, 3.05) is 26.4 Å². The number of ether oxygens (including phenoxy) is 2. The highest BCUT2D eigenvalue weighted by atomic mass is 31.3. The SMILES string of the molecule is C=C(C)C(=O)OCCCCCCOP(=O)(OCCCCCCOC(=O)C(=C)C)OP(=O)(O)O. The fourth-order valence-electron chi connectivity index (χ4n) is 2.26. The largest absolute Gasteiger partial charge is 0.483 e. The molecule has 192 valence electrons. The van der Waals surface area contributed by atoms with Crippen molar-refractivity contribution in [2.45, 2.75) is 65.2 Å². The van der Waals surface area contributed by atoms with Gasteiger partial charge < -0.3 is 19.3 Å². The highest BCUT2D eigenvalue weighted by molar-refractivity contribution is 7.61.